The van der Waals surface area contributed by atoms with E-state index in [0.29, 0.717) is 5.57 Å². The number of carbonyl (C=O) groups excluding carboxylic acids is 1. The van der Waals surface area contributed by atoms with Crippen LogP contribution in [-0.4, -0.2) is 17.6 Å². The van der Waals surface area contributed by atoms with Gasteiger partial charge in [-0.3, -0.25) is 0 Å². The number of H-pyrrole nitrogens is 1. The number of fused-ring (bicyclic) bond motifs is 2. The predicted molar refractivity (Wildman–Crippen MR) is 144 cm³/mol. The Morgan fingerprint density at radius 2 is 1.36 bits per heavy atom. The molecule has 2 aliphatic heterocycles. The minimum absolute atomic E-state index is 0.235. The molecular formula is C32H21F3N2O2. The highest BCUT2D eigenvalue weighted by Gasteiger charge is 2.38. The summed E-state index contributed by atoms with van der Waals surface area (Å²) >= 11 is 0. The van der Waals surface area contributed by atoms with E-state index in [1.54, 1.807) is 0 Å². The van der Waals surface area contributed by atoms with Crippen LogP contribution in [0, 0.1) is 0 Å². The minimum atomic E-state index is -4.35. The average molecular weight is 523 g/mol. The van der Waals surface area contributed by atoms with E-state index in [4.69, 9.17) is 4.74 Å². The molecule has 0 amide bonds. The largest absolute Gasteiger partial charge is 0.456 e. The number of benzene rings is 4. The van der Waals surface area contributed by atoms with Crippen molar-refractivity contribution in [2.24, 2.45) is 0 Å². The summed E-state index contributed by atoms with van der Waals surface area (Å²) in [6.07, 6.45) is -2.45. The van der Waals surface area contributed by atoms with Crippen molar-refractivity contribution in [3.8, 4) is 22.3 Å². The zero-order valence-corrected chi connectivity index (χ0v) is 20.5. The standard InChI is InChI=1S/C32H21F3N2O2/c33-32(34,35)24-11-9-21(10-12-24)19-3-1-18(2-4-19)20-5-7-22(8-6-20)29-25-16-26-23(13-14-36-26)15-27(25)37-28-17-39-31(38)30(28)29/h1-16,29,36-37H,17H2. The summed E-state index contributed by atoms with van der Waals surface area (Å²) in [4.78, 5) is 16.0. The van der Waals surface area contributed by atoms with Crippen LogP contribution < -0.4 is 5.32 Å². The number of carbonyl (C=O) groups is 1. The highest BCUT2D eigenvalue weighted by molar-refractivity contribution is 5.98. The van der Waals surface area contributed by atoms with Gasteiger partial charge >= 0.3 is 12.1 Å². The van der Waals surface area contributed by atoms with E-state index in [9.17, 15) is 18.0 Å². The maximum absolute atomic E-state index is 12.9. The molecule has 1 atom stereocenters. The number of hydrogen-bond acceptors (Lipinski definition) is 3. The van der Waals surface area contributed by atoms with Crippen LogP contribution in [0.25, 0.3) is 33.2 Å². The molecule has 0 spiro atoms. The van der Waals surface area contributed by atoms with Crippen molar-refractivity contribution in [2.75, 3.05) is 11.9 Å². The summed E-state index contributed by atoms with van der Waals surface area (Å²) in [5.74, 6) is -0.558. The molecule has 1 aromatic heterocycles. The number of ether oxygens (including phenoxy) is 1. The van der Waals surface area contributed by atoms with Crippen molar-refractivity contribution in [3.05, 3.63) is 125 Å². The summed E-state index contributed by atoms with van der Waals surface area (Å²) < 4.78 is 44.0. The fourth-order valence-corrected chi connectivity index (χ4v) is 5.52. The first kappa shape index (κ1) is 23.3. The second kappa shape index (κ2) is 8.63. The van der Waals surface area contributed by atoms with Gasteiger partial charge in [0.15, 0.2) is 0 Å². The van der Waals surface area contributed by atoms with Gasteiger partial charge in [-0.25, -0.2) is 4.79 Å². The van der Waals surface area contributed by atoms with Gasteiger partial charge < -0.3 is 15.0 Å². The molecule has 0 aliphatic carbocycles. The van der Waals surface area contributed by atoms with Gasteiger partial charge in [-0.1, -0.05) is 60.7 Å². The average Bonchev–Trinajstić information content (AvgIpc) is 3.56. The summed E-state index contributed by atoms with van der Waals surface area (Å²) in [7, 11) is 0. The summed E-state index contributed by atoms with van der Waals surface area (Å²) in [5.41, 5.74) is 8.28. The van der Waals surface area contributed by atoms with Crippen LogP contribution in [0.3, 0.4) is 0 Å². The topological polar surface area (TPSA) is 54.1 Å². The van der Waals surface area contributed by atoms with Crippen molar-refractivity contribution in [2.45, 2.75) is 12.1 Å². The molecule has 192 valence electrons. The van der Waals surface area contributed by atoms with Gasteiger partial charge in [0, 0.05) is 28.7 Å². The van der Waals surface area contributed by atoms with Gasteiger partial charge in [0.25, 0.3) is 0 Å². The van der Waals surface area contributed by atoms with Gasteiger partial charge in [0.2, 0.25) is 0 Å². The lowest BCUT2D eigenvalue weighted by Crippen LogP contribution is -2.19. The van der Waals surface area contributed by atoms with Crippen LogP contribution in [0.5, 0.6) is 0 Å². The number of alkyl halides is 3. The Balaban J connectivity index is 1.20. The smallest absolute Gasteiger partial charge is 0.416 e. The third-order valence-corrected chi connectivity index (χ3v) is 7.51. The Morgan fingerprint density at radius 1 is 0.769 bits per heavy atom. The lowest BCUT2D eigenvalue weighted by Gasteiger charge is -2.27. The van der Waals surface area contributed by atoms with Crippen LogP contribution >= 0.6 is 0 Å². The van der Waals surface area contributed by atoms with Gasteiger partial charge in [-0.15, -0.1) is 0 Å². The number of hydrogen-bond donors (Lipinski definition) is 2. The SMILES string of the molecule is O=C1OCC2=C1C(c1ccc(-c3ccc(-c4ccc(C(F)(F)F)cc4)cc3)cc1)c1cc3[nH]ccc3cc1N2. The lowest BCUT2D eigenvalue weighted by atomic mass is 9.80. The Kier molecular flexibility index (Phi) is 5.17. The van der Waals surface area contributed by atoms with Crippen molar-refractivity contribution in [1.82, 2.24) is 4.98 Å². The monoisotopic (exact) mass is 522 g/mol. The molecule has 4 nitrogen and oxygen atoms in total. The first-order valence-corrected chi connectivity index (χ1v) is 12.5. The zero-order chi connectivity index (χ0) is 26.7. The molecule has 4 aromatic carbocycles. The Bertz CT molecular complexity index is 1760. The minimum Gasteiger partial charge on any atom is -0.456 e. The van der Waals surface area contributed by atoms with Gasteiger partial charge in [0.1, 0.15) is 6.61 Å². The summed E-state index contributed by atoms with van der Waals surface area (Å²) in [5, 5.41) is 4.49. The number of cyclic esters (lactones) is 1. The number of anilines is 1. The molecule has 0 radical (unpaired) electrons. The number of rotatable bonds is 3. The summed E-state index contributed by atoms with van der Waals surface area (Å²) in [6, 6.07) is 27.2. The number of aromatic nitrogens is 1. The molecule has 39 heavy (non-hydrogen) atoms. The molecule has 7 rings (SSSR count). The van der Waals surface area contributed by atoms with Crippen molar-refractivity contribution in [3.63, 3.8) is 0 Å². The van der Waals surface area contributed by atoms with Crippen molar-refractivity contribution in [1.29, 1.82) is 0 Å². The normalized spacial score (nSPS) is 16.6. The maximum atomic E-state index is 12.9. The first-order valence-electron chi connectivity index (χ1n) is 12.5. The number of halogens is 3. The number of esters is 1. The molecule has 7 heteroatoms. The van der Waals surface area contributed by atoms with Crippen LogP contribution in [0.1, 0.15) is 22.6 Å². The molecule has 0 saturated carbocycles. The Labute approximate surface area is 221 Å². The molecule has 0 bridgehead atoms. The van der Waals surface area contributed by atoms with Crippen LogP contribution in [-0.2, 0) is 15.7 Å². The van der Waals surface area contributed by atoms with Gasteiger partial charge in [-0.2, -0.15) is 13.2 Å². The van der Waals surface area contributed by atoms with Gasteiger partial charge in [-0.05, 0) is 63.7 Å². The molecule has 5 aromatic rings. The fraction of sp³-hybridized carbons (Fsp3) is 0.0938. The molecule has 2 N–H and O–H groups in total. The van der Waals surface area contributed by atoms with E-state index in [1.807, 2.05) is 60.8 Å². The van der Waals surface area contributed by atoms with E-state index in [1.165, 1.54) is 12.1 Å². The lowest BCUT2D eigenvalue weighted by molar-refractivity contribution is -0.138. The highest BCUT2D eigenvalue weighted by atomic mass is 19.4. The van der Waals surface area contributed by atoms with Gasteiger partial charge in [0.05, 0.1) is 16.8 Å². The molecular weight excluding hydrogens is 501 g/mol. The van der Waals surface area contributed by atoms with E-state index in [2.05, 4.69) is 22.4 Å². The van der Waals surface area contributed by atoms with E-state index >= 15 is 0 Å². The highest BCUT2D eigenvalue weighted by Crippen LogP contribution is 2.45. The third kappa shape index (κ3) is 3.98. The van der Waals surface area contributed by atoms with E-state index in [-0.39, 0.29) is 18.5 Å². The van der Waals surface area contributed by atoms with E-state index < -0.39 is 11.7 Å². The Morgan fingerprint density at radius 3 is 1.97 bits per heavy atom. The predicted octanol–water partition coefficient (Wildman–Crippen LogP) is 7.89. The second-order valence-corrected chi connectivity index (χ2v) is 9.81. The molecule has 0 fully saturated rings. The molecule has 0 saturated heterocycles. The quantitative estimate of drug-likeness (QED) is 0.237. The summed E-state index contributed by atoms with van der Waals surface area (Å²) in [6.45, 7) is 0.235. The number of nitrogens with one attached hydrogen (secondary N) is 2. The first-order chi connectivity index (χ1) is 18.8. The molecule has 2 aliphatic rings. The van der Waals surface area contributed by atoms with E-state index in [0.717, 1.165) is 67.8 Å². The van der Waals surface area contributed by atoms with Crippen LogP contribution in [0.4, 0.5) is 18.9 Å². The molecule has 1 unspecified atom stereocenters. The van der Waals surface area contributed by atoms with Crippen molar-refractivity contribution < 1.29 is 22.7 Å². The number of aromatic amines is 1. The third-order valence-electron chi connectivity index (χ3n) is 7.51. The Hall–Kier alpha value is -4.78. The van der Waals surface area contributed by atoms with Crippen LogP contribution in [0.2, 0.25) is 0 Å². The van der Waals surface area contributed by atoms with Crippen LogP contribution in [0.15, 0.2) is 108 Å². The second-order valence-electron chi connectivity index (χ2n) is 9.81. The maximum Gasteiger partial charge on any atom is 0.416 e. The molecule has 3 heterocycles. The van der Waals surface area contributed by atoms with Crippen molar-refractivity contribution >= 4 is 22.6 Å². The fourth-order valence-electron chi connectivity index (χ4n) is 5.52. The zero-order valence-electron chi connectivity index (χ0n) is 20.5.